The molecule has 0 aliphatic carbocycles. The van der Waals surface area contributed by atoms with E-state index in [-0.39, 0.29) is 6.10 Å². The van der Waals surface area contributed by atoms with E-state index in [2.05, 4.69) is 62.4 Å². The Balaban J connectivity index is 1.87. The summed E-state index contributed by atoms with van der Waals surface area (Å²) >= 11 is 0. The van der Waals surface area contributed by atoms with Crippen LogP contribution in [0.15, 0.2) is 24.3 Å². The van der Waals surface area contributed by atoms with Gasteiger partial charge in [0.05, 0.1) is 6.10 Å². The number of rotatable bonds is 5. The maximum atomic E-state index is 5.67. The predicted molar refractivity (Wildman–Crippen MR) is 83.7 cm³/mol. The van der Waals surface area contributed by atoms with Gasteiger partial charge in [0.15, 0.2) is 0 Å². The quantitative estimate of drug-likeness (QED) is 0.886. The number of piperidine rings is 1. The summed E-state index contributed by atoms with van der Waals surface area (Å²) in [6.45, 7) is 9.60. The molecule has 0 saturated carbocycles. The molecule has 0 spiro atoms. The number of benzene rings is 1. The van der Waals surface area contributed by atoms with Gasteiger partial charge in [-0.25, -0.2) is 5.01 Å². The number of hydrogen-bond acceptors (Lipinski definition) is 3. The zero-order chi connectivity index (χ0) is 14.5. The molecule has 112 valence electrons. The highest BCUT2D eigenvalue weighted by Gasteiger charge is 2.23. The van der Waals surface area contributed by atoms with Gasteiger partial charge in [0.1, 0.15) is 5.75 Å². The average molecular weight is 276 g/mol. The van der Waals surface area contributed by atoms with Gasteiger partial charge < -0.3 is 4.74 Å². The van der Waals surface area contributed by atoms with Gasteiger partial charge in [0.2, 0.25) is 0 Å². The molecule has 3 heteroatoms. The van der Waals surface area contributed by atoms with E-state index in [9.17, 15) is 0 Å². The lowest BCUT2D eigenvalue weighted by Gasteiger charge is -2.39. The molecule has 1 fully saturated rings. The summed E-state index contributed by atoms with van der Waals surface area (Å²) in [6.07, 6.45) is 4.16. The summed E-state index contributed by atoms with van der Waals surface area (Å²) in [7, 11) is 0. The van der Waals surface area contributed by atoms with Crippen molar-refractivity contribution in [2.75, 3.05) is 0 Å². The van der Waals surface area contributed by atoms with E-state index in [1.807, 2.05) is 0 Å². The summed E-state index contributed by atoms with van der Waals surface area (Å²) in [5.74, 6) is 0.948. The Morgan fingerprint density at radius 3 is 2.30 bits per heavy atom. The van der Waals surface area contributed by atoms with Crippen molar-refractivity contribution in [1.29, 1.82) is 0 Å². The number of hydrazine groups is 1. The second-order valence-corrected chi connectivity index (χ2v) is 6.18. The van der Waals surface area contributed by atoms with Crippen LogP contribution in [0.3, 0.4) is 0 Å². The Labute approximate surface area is 123 Å². The molecule has 0 aromatic heterocycles. The highest BCUT2D eigenvalue weighted by molar-refractivity contribution is 5.27. The average Bonchev–Trinajstić information content (AvgIpc) is 2.39. The first-order chi connectivity index (χ1) is 9.56. The van der Waals surface area contributed by atoms with E-state index in [4.69, 9.17) is 4.74 Å². The van der Waals surface area contributed by atoms with Crippen molar-refractivity contribution in [2.45, 2.75) is 71.7 Å². The summed E-state index contributed by atoms with van der Waals surface area (Å²) in [5.41, 5.74) is 4.89. The van der Waals surface area contributed by atoms with Gasteiger partial charge in [-0.2, -0.15) is 0 Å². The normalized spacial score (nSPS) is 24.1. The van der Waals surface area contributed by atoms with Crippen LogP contribution in [0.1, 0.15) is 52.5 Å². The van der Waals surface area contributed by atoms with Crippen LogP contribution in [0, 0.1) is 0 Å². The smallest absolute Gasteiger partial charge is 0.119 e. The zero-order valence-corrected chi connectivity index (χ0v) is 13.2. The summed E-state index contributed by atoms with van der Waals surface area (Å²) < 4.78 is 5.67. The van der Waals surface area contributed by atoms with Crippen molar-refractivity contribution in [3.8, 4) is 5.75 Å². The fourth-order valence-corrected chi connectivity index (χ4v) is 2.87. The molecule has 1 heterocycles. The van der Waals surface area contributed by atoms with Gasteiger partial charge in [-0.05, 0) is 58.2 Å². The van der Waals surface area contributed by atoms with E-state index in [0.717, 1.165) is 12.3 Å². The van der Waals surface area contributed by atoms with Gasteiger partial charge in [-0.15, -0.1) is 0 Å². The maximum absolute atomic E-state index is 5.67. The molecule has 1 N–H and O–H groups in total. The lowest BCUT2D eigenvalue weighted by molar-refractivity contribution is 0.0435. The lowest BCUT2D eigenvalue weighted by Crippen LogP contribution is -2.51. The van der Waals surface area contributed by atoms with Gasteiger partial charge in [-0.3, -0.25) is 5.43 Å². The van der Waals surface area contributed by atoms with E-state index < -0.39 is 0 Å². The monoisotopic (exact) mass is 276 g/mol. The lowest BCUT2D eigenvalue weighted by atomic mass is 10.00. The Kier molecular flexibility index (Phi) is 5.44. The fraction of sp³-hybridized carbons (Fsp3) is 0.647. The molecule has 20 heavy (non-hydrogen) atoms. The van der Waals surface area contributed by atoms with Crippen molar-refractivity contribution in [1.82, 2.24) is 10.4 Å². The molecule has 1 aliphatic rings. The standard InChI is InChI=1S/C17H28N2O/c1-13(2)20-17-10-8-16(9-11-17)12-18-19-14(3)6-5-7-15(19)4/h8-11,13-15,18H,5-7,12H2,1-4H3. The summed E-state index contributed by atoms with van der Waals surface area (Å²) in [5, 5.41) is 2.42. The summed E-state index contributed by atoms with van der Waals surface area (Å²) in [6, 6.07) is 9.65. The highest BCUT2D eigenvalue weighted by Crippen LogP contribution is 2.21. The number of ether oxygens (including phenoxy) is 1. The van der Waals surface area contributed by atoms with E-state index >= 15 is 0 Å². The predicted octanol–water partition coefficient (Wildman–Crippen LogP) is 3.74. The SMILES string of the molecule is CC(C)Oc1ccc(CNN2C(C)CCCC2C)cc1. The van der Waals surface area contributed by atoms with Crippen molar-refractivity contribution >= 4 is 0 Å². The van der Waals surface area contributed by atoms with Crippen LogP contribution in [0.5, 0.6) is 5.75 Å². The van der Waals surface area contributed by atoms with Crippen LogP contribution in [-0.4, -0.2) is 23.2 Å². The molecule has 0 radical (unpaired) electrons. The van der Waals surface area contributed by atoms with Gasteiger partial charge in [0.25, 0.3) is 0 Å². The minimum atomic E-state index is 0.231. The molecule has 1 aromatic carbocycles. The maximum Gasteiger partial charge on any atom is 0.119 e. The van der Waals surface area contributed by atoms with E-state index in [1.54, 1.807) is 0 Å². The molecule has 1 saturated heterocycles. The molecule has 2 unspecified atom stereocenters. The van der Waals surface area contributed by atoms with Crippen LogP contribution in [0.25, 0.3) is 0 Å². The van der Waals surface area contributed by atoms with Crippen LogP contribution in [0.2, 0.25) is 0 Å². The third-order valence-electron chi connectivity index (χ3n) is 3.95. The zero-order valence-electron chi connectivity index (χ0n) is 13.2. The van der Waals surface area contributed by atoms with Crippen LogP contribution in [0.4, 0.5) is 0 Å². The highest BCUT2D eigenvalue weighted by atomic mass is 16.5. The molecule has 0 amide bonds. The van der Waals surface area contributed by atoms with Crippen molar-refractivity contribution in [3.05, 3.63) is 29.8 Å². The first-order valence-electron chi connectivity index (χ1n) is 7.83. The van der Waals surface area contributed by atoms with Crippen LogP contribution >= 0.6 is 0 Å². The van der Waals surface area contributed by atoms with E-state index in [1.165, 1.54) is 24.8 Å². The molecular weight excluding hydrogens is 248 g/mol. The first kappa shape index (κ1) is 15.3. The largest absolute Gasteiger partial charge is 0.491 e. The fourth-order valence-electron chi connectivity index (χ4n) is 2.87. The molecule has 2 atom stereocenters. The first-order valence-corrected chi connectivity index (χ1v) is 7.83. The second-order valence-electron chi connectivity index (χ2n) is 6.18. The Bertz CT molecular complexity index is 392. The molecule has 1 aromatic rings. The Morgan fingerprint density at radius 1 is 1.15 bits per heavy atom. The van der Waals surface area contributed by atoms with Gasteiger partial charge in [0, 0.05) is 18.6 Å². The Morgan fingerprint density at radius 2 is 1.75 bits per heavy atom. The molecular formula is C17H28N2O. The van der Waals surface area contributed by atoms with Crippen molar-refractivity contribution < 1.29 is 4.74 Å². The van der Waals surface area contributed by atoms with Crippen LogP contribution < -0.4 is 10.2 Å². The van der Waals surface area contributed by atoms with Crippen molar-refractivity contribution in [2.24, 2.45) is 0 Å². The van der Waals surface area contributed by atoms with Gasteiger partial charge >= 0.3 is 0 Å². The minimum Gasteiger partial charge on any atom is -0.491 e. The van der Waals surface area contributed by atoms with Crippen LogP contribution in [-0.2, 0) is 6.54 Å². The van der Waals surface area contributed by atoms with Gasteiger partial charge in [-0.1, -0.05) is 18.6 Å². The second kappa shape index (κ2) is 7.09. The third-order valence-corrected chi connectivity index (χ3v) is 3.95. The number of nitrogens with one attached hydrogen (secondary N) is 1. The topological polar surface area (TPSA) is 24.5 Å². The molecule has 3 nitrogen and oxygen atoms in total. The van der Waals surface area contributed by atoms with E-state index in [0.29, 0.717) is 12.1 Å². The molecule has 0 bridgehead atoms. The molecule has 1 aliphatic heterocycles. The molecule has 2 rings (SSSR count). The minimum absolute atomic E-state index is 0.231. The third kappa shape index (κ3) is 4.22. The summed E-state index contributed by atoms with van der Waals surface area (Å²) in [4.78, 5) is 0. The number of nitrogens with zero attached hydrogens (tertiary/aromatic N) is 1. The van der Waals surface area contributed by atoms with Crippen molar-refractivity contribution in [3.63, 3.8) is 0 Å². The number of hydrogen-bond donors (Lipinski definition) is 1. The Hall–Kier alpha value is -1.06.